The van der Waals surface area contributed by atoms with Gasteiger partial charge in [-0.15, -0.1) is 0 Å². The summed E-state index contributed by atoms with van der Waals surface area (Å²) in [6, 6.07) is 7.93. The van der Waals surface area contributed by atoms with Crippen LogP contribution in [0.4, 0.5) is 0 Å². The zero-order chi connectivity index (χ0) is 13.1. The van der Waals surface area contributed by atoms with Gasteiger partial charge >= 0.3 is 0 Å². The van der Waals surface area contributed by atoms with Crippen LogP contribution in [0.1, 0.15) is 18.4 Å². The first-order chi connectivity index (χ1) is 9.34. The third kappa shape index (κ3) is 2.63. The number of carbonyl (C=O) groups is 1. The average molecular weight is 259 g/mol. The van der Waals surface area contributed by atoms with E-state index < -0.39 is 0 Å². The lowest BCUT2D eigenvalue weighted by molar-refractivity contribution is -0.129. The molecule has 1 fully saturated rings. The number of rotatable bonds is 4. The number of nitrogens with one attached hydrogen (secondary N) is 1. The Morgan fingerprint density at radius 2 is 2.26 bits per heavy atom. The number of hydrogen-bond acceptors (Lipinski definition) is 3. The Morgan fingerprint density at radius 1 is 1.37 bits per heavy atom. The molecule has 1 N–H and O–H groups in total. The Morgan fingerprint density at radius 3 is 3.11 bits per heavy atom. The summed E-state index contributed by atoms with van der Waals surface area (Å²) in [5.74, 6) is 0.00491. The molecule has 0 bridgehead atoms. The molecule has 4 heteroatoms. The van der Waals surface area contributed by atoms with Crippen molar-refractivity contribution in [2.75, 3.05) is 13.2 Å². The quantitative estimate of drug-likeness (QED) is 0.916. The highest BCUT2D eigenvalue weighted by Crippen LogP contribution is 2.20. The van der Waals surface area contributed by atoms with Crippen LogP contribution in [0.2, 0.25) is 0 Å². The van der Waals surface area contributed by atoms with Crippen LogP contribution in [-0.2, 0) is 16.0 Å². The van der Waals surface area contributed by atoms with Crippen LogP contribution in [0.15, 0.2) is 34.9 Å². The largest absolute Gasteiger partial charge is 0.464 e. The van der Waals surface area contributed by atoms with Crippen molar-refractivity contribution < 1.29 is 13.9 Å². The third-order valence-corrected chi connectivity index (χ3v) is 3.48. The highest BCUT2D eigenvalue weighted by atomic mass is 16.5. The van der Waals surface area contributed by atoms with Gasteiger partial charge in [0, 0.05) is 18.5 Å². The first kappa shape index (κ1) is 12.2. The minimum Gasteiger partial charge on any atom is -0.464 e. The number of ether oxygens (including phenoxy) is 1. The van der Waals surface area contributed by atoms with Gasteiger partial charge in [-0.05, 0) is 30.9 Å². The fourth-order valence-electron chi connectivity index (χ4n) is 2.45. The molecule has 0 saturated carbocycles. The van der Waals surface area contributed by atoms with Crippen molar-refractivity contribution >= 4 is 16.9 Å². The second-order valence-electron chi connectivity index (χ2n) is 4.80. The van der Waals surface area contributed by atoms with Crippen LogP contribution in [-0.4, -0.2) is 25.2 Å². The van der Waals surface area contributed by atoms with Gasteiger partial charge in [-0.2, -0.15) is 0 Å². The van der Waals surface area contributed by atoms with Gasteiger partial charge in [0.05, 0.1) is 6.26 Å². The van der Waals surface area contributed by atoms with E-state index in [1.807, 2.05) is 24.3 Å². The van der Waals surface area contributed by atoms with Crippen LogP contribution in [0, 0.1) is 0 Å². The molecular formula is C15H17NO3. The molecule has 1 aromatic carbocycles. The first-order valence-corrected chi connectivity index (χ1v) is 6.69. The maximum Gasteiger partial charge on any atom is 0.249 e. The van der Waals surface area contributed by atoms with E-state index in [4.69, 9.17) is 9.15 Å². The van der Waals surface area contributed by atoms with Gasteiger partial charge in [-0.25, -0.2) is 0 Å². The molecule has 2 aromatic rings. The second-order valence-corrected chi connectivity index (χ2v) is 4.80. The molecule has 1 aliphatic heterocycles. The van der Waals surface area contributed by atoms with Gasteiger partial charge in [-0.1, -0.05) is 18.2 Å². The zero-order valence-electron chi connectivity index (χ0n) is 10.7. The molecule has 1 aliphatic rings. The standard InChI is InChI=1S/C15H17NO3/c17-15(14-6-3-9-18-14)16-8-7-11-10-19-13-5-2-1-4-12(11)13/h1-2,4-5,10,14H,3,6-9H2,(H,16,17). The maximum absolute atomic E-state index is 11.8. The second kappa shape index (κ2) is 5.45. The highest BCUT2D eigenvalue weighted by molar-refractivity contribution is 5.82. The molecule has 1 unspecified atom stereocenters. The third-order valence-electron chi connectivity index (χ3n) is 3.48. The van der Waals surface area contributed by atoms with Crippen molar-refractivity contribution in [3.63, 3.8) is 0 Å². The summed E-state index contributed by atoms with van der Waals surface area (Å²) in [7, 11) is 0. The van der Waals surface area contributed by atoms with E-state index in [2.05, 4.69) is 5.32 Å². The lowest BCUT2D eigenvalue weighted by atomic mass is 10.1. The van der Waals surface area contributed by atoms with Crippen molar-refractivity contribution in [2.24, 2.45) is 0 Å². The highest BCUT2D eigenvalue weighted by Gasteiger charge is 2.22. The van der Waals surface area contributed by atoms with Crippen molar-refractivity contribution in [1.29, 1.82) is 0 Å². The van der Waals surface area contributed by atoms with E-state index in [0.717, 1.165) is 35.8 Å². The van der Waals surface area contributed by atoms with E-state index in [-0.39, 0.29) is 12.0 Å². The van der Waals surface area contributed by atoms with Crippen LogP contribution in [0.3, 0.4) is 0 Å². The summed E-state index contributed by atoms with van der Waals surface area (Å²) in [5, 5.41) is 4.04. The molecule has 3 rings (SSSR count). The molecule has 0 spiro atoms. The molecule has 0 aliphatic carbocycles. The molecule has 1 aromatic heterocycles. The monoisotopic (exact) mass is 259 g/mol. The number of amides is 1. The SMILES string of the molecule is O=C(NCCc1coc2ccccc12)C1CCCO1. The first-order valence-electron chi connectivity index (χ1n) is 6.69. The number of carbonyl (C=O) groups excluding carboxylic acids is 1. The van der Waals surface area contributed by atoms with Gasteiger partial charge in [0.15, 0.2) is 0 Å². The molecule has 1 saturated heterocycles. The normalized spacial score (nSPS) is 18.8. The number of fused-ring (bicyclic) bond motifs is 1. The molecule has 4 nitrogen and oxygen atoms in total. The fraction of sp³-hybridized carbons (Fsp3) is 0.400. The van der Waals surface area contributed by atoms with Crippen molar-refractivity contribution in [2.45, 2.75) is 25.4 Å². The predicted molar refractivity (Wildman–Crippen MR) is 71.9 cm³/mol. The fourth-order valence-corrected chi connectivity index (χ4v) is 2.45. The molecule has 1 atom stereocenters. The summed E-state index contributed by atoms with van der Waals surface area (Å²) < 4.78 is 10.8. The van der Waals surface area contributed by atoms with E-state index in [1.54, 1.807) is 6.26 Å². The summed E-state index contributed by atoms with van der Waals surface area (Å²) in [5.41, 5.74) is 2.02. The maximum atomic E-state index is 11.8. The summed E-state index contributed by atoms with van der Waals surface area (Å²) in [6.45, 7) is 1.31. The van der Waals surface area contributed by atoms with Crippen LogP contribution in [0.25, 0.3) is 11.0 Å². The number of benzene rings is 1. The molecule has 0 radical (unpaired) electrons. The van der Waals surface area contributed by atoms with Crippen LogP contribution < -0.4 is 5.32 Å². The van der Waals surface area contributed by atoms with Crippen molar-refractivity contribution in [1.82, 2.24) is 5.32 Å². The summed E-state index contributed by atoms with van der Waals surface area (Å²) >= 11 is 0. The van der Waals surface area contributed by atoms with Crippen molar-refractivity contribution in [3.8, 4) is 0 Å². The van der Waals surface area contributed by atoms with E-state index in [0.29, 0.717) is 13.2 Å². The Hall–Kier alpha value is -1.81. The number of hydrogen-bond donors (Lipinski definition) is 1. The minimum atomic E-state index is -0.249. The molecule has 1 amide bonds. The van der Waals surface area contributed by atoms with Crippen LogP contribution >= 0.6 is 0 Å². The van der Waals surface area contributed by atoms with E-state index in [9.17, 15) is 4.79 Å². The Balaban J connectivity index is 1.56. The minimum absolute atomic E-state index is 0.00491. The molecule has 2 heterocycles. The molecular weight excluding hydrogens is 242 g/mol. The summed E-state index contributed by atoms with van der Waals surface area (Å²) in [6.07, 6.45) is 4.10. The van der Waals surface area contributed by atoms with E-state index >= 15 is 0 Å². The number of para-hydroxylation sites is 1. The topological polar surface area (TPSA) is 51.5 Å². The van der Waals surface area contributed by atoms with Crippen LogP contribution in [0.5, 0.6) is 0 Å². The smallest absolute Gasteiger partial charge is 0.249 e. The Bertz CT molecular complexity index is 570. The number of furan rings is 1. The van der Waals surface area contributed by atoms with Gasteiger partial charge in [0.2, 0.25) is 5.91 Å². The average Bonchev–Trinajstić information content (AvgIpc) is 3.08. The van der Waals surface area contributed by atoms with Gasteiger partial charge in [-0.3, -0.25) is 4.79 Å². The molecule has 19 heavy (non-hydrogen) atoms. The van der Waals surface area contributed by atoms with Gasteiger partial charge < -0.3 is 14.5 Å². The predicted octanol–water partition coefficient (Wildman–Crippen LogP) is 2.27. The lowest BCUT2D eigenvalue weighted by Gasteiger charge is -2.09. The molecule has 100 valence electrons. The van der Waals surface area contributed by atoms with Gasteiger partial charge in [0.25, 0.3) is 0 Å². The Kier molecular flexibility index (Phi) is 3.51. The van der Waals surface area contributed by atoms with Gasteiger partial charge in [0.1, 0.15) is 11.7 Å². The Labute approximate surface area is 111 Å². The van der Waals surface area contributed by atoms with E-state index in [1.165, 1.54) is 0 Å². The van der Waals surface area contributed by atoms with Crippen molar-refractivity contribution in [3.05, 3.63) is 36.1 Å². The lowest BCUT2D eigenvalue weighted by Crippen LogP contribution is -2.35. The summed E-state index contributed by atoms with van der Waals surface area (Å²) in [4.78, 5) is 11.8. The zero-order valence-corrected chi connectivity index (χ0v) is 10.7.